The van der Waals surface area contributed by atoms with E-state index in [2.05, 4.69) is 9.72 Å². The van der Waals surface area contributed by atoms with Gasteiger partial charge >= 0.3 is 6.36 Å². The highest BCUT2D eigenvalue weighted by atomic mass is 35.5. The van der Waals surface area contributed by atoms with Crippen molar-refractivity contribution in [1.82, 2.24) is 9.55 Å². The number of aromatic nitrogens is 2. The highest BCUT2D eigenvalue weighted by Gasteiger charge is 2.32. The fraction of sp³-hybridized carbons (Fsp3) is 0.250. The molecule has 3 rings (SSSR count). The number of fused-ring (bicyclic) bond motifs is 1. The molecule has 0 radical (unpaired) electrons. The van der Waals surface area contributed by atoms with E-state index in [0.29, 0.717) is 27.2 Å². The standard InChI is InChI=1S/C20H16ClF3N2O3S/c1-10-6-13(11(2)27)17-14(7-10)18(28)26(3)19(25-17)30-9-12-4-5-15(21)16(8-12)29-20(22,23)24/h4-8H,9H2,1-3H3. The average Bonchev–Trinajstić information content (AvgIpc) is 2.64. The Hall–Kier alpha value is -2.52. The Balaban J connectivity index is 1.97. The maximum absolute atomic E-state index is 12.8. The molecule has 1 aromatic heterocycles. The number of benzene rings is 2. The molecule has 0 aliphatic carbocycles. The Morgan fingerprint density at radius 1 is 1.27 bits per heavy atom. The number of rotatable bonds is 5. The second-order valence-corrected chi connectivity index (χ2v) is 7.97. The molecule has 0 unspecified atom stereocenters. The van der Waals surface area contributed by atoms with Crippen molar-refractivity contribution in [3.05, 3.63) is 62.4 Å². The van der Waals surface area contributed by atoms with E-state index in [1.807, 2.05) is 0 Å². The van der Waals surface area contributed by atoms with Gasteiger partial charge in [0.15, 0.2) is 10.9 Å². The summed E-state index contributed by atoms with van der Waals surface area (Å²) in [5.74, 6) is -0.512. The van der Waals surface area contributed by atoms with E-state index in [0.717, 1.165) is 17.3 Å². The normalized spacial score (nSPS) is 11.7. The van der Waals surface area contributed by atoms with Crippen LogP contribution >= 0.6 is 23.4 Å². The zero-order valence-corrected chi connectivity index (χ0v) is 17.7. The van der Waals surface area contributed by atoms with Crippen LogP contribution in [0.2, 0.25) is 5.02 Å². The summed E-state index contributed by atoms with van der Waals surface area (Å²) in [7, 11) is 1.55. The first-order valence-corrected chi connectivity index (χ1v) is 10.0. The van der Waals surface area contributed by atoms with Crippen LogP contribution in [0.4, 0.5) is 13.2 Å². The zero-order chi connectivity index (χ0) is 22.2. The van der Waals surface area contributed by atoms with Gasteiger partial charge in [-0.2, -0.15) is 0 Å². The highest BCUT2D eigenvalue weighted by molar-refractivity contribution is 7.98. The Morgan fingerprint density at radius 3 is 2.60 bits per heavy atom. The monoisotopic (exact) mass is 456 g/mol. The molecule has 3 aromatic rings. The molecule has 30 heavy (non-hydrogen) atoms. The molecule has 1 heterocycles. The summed E-state index contributed by atoms with van der Waals surface area (Å²) in [5.41, 5.74) is 1.60. The Bertz CT molecular complexity index is 1210. The van der Waals surface area contributed by atoms with Crippen molar-refractivity contribution in [2.45, 2.75) is 31.1 Å². The molecule has 0 amide bonds. The number of nitrogens with zero attached hydrogens (tertiary/aromatic N) is 2. The van der Waals surface area contributed by atoms with Crippen molar-refractivity contribution in [1.29, 1.82) is 0 Å². The summed E-state index contributed by atoms with van der Waals surface area (Å²) in [5, 5.41) is 0.491. The summed E-state index contributed by atoms with van der Waals surface area (Å²) < 4.78 is 42.8. The Kier molecular flexibility index (Phi) is 6.14. The number of Topliss-reactive ketones (excluding diaryl/α,β-unsaturated/α-hetero) is 1. The number of thioether (sulfide) groups is 1. The van der Waals surface area contributed by atoms with Crippen molar-refractivity contribution in [2.24, 2.45) is 7.05 Å². The van der Waals surface area contributed by atoms with E-state index < -0.39 is 12.1 Å². The minimum atomic E-state index is -4.86. The van der Waals surface area contributed by atoms with E-state index in [4.69, 9.17) is 11.6 Å². The van der Waals surface area contributed by atoms with Crippen molar-refractivity contribution < 1.29 is 22.7 Å². The van der Waals surface area contributed by atoms with E-state index in [-0.39, 0.29) is 22.1 Å². The molecule has 0 N–H and O–H groups in total. The highest BCUT2D eigenvalue weighted by Crippen LogP contribution is 2.33. The summed E-state index contributed by atoms with van der Waals surface area (Å²) in [6.07, 6.45) is -4.86. The molecule has 0 bridgehead atoms. The molecule has 0 saturated carbocycles. The lowest BCUT2D eigenvalue weighted by molar-refractivity contribution is -0.274. The molecule has 158 valence electrons. The molecular weight excluding hydrogens is 441 g/mol. The van der Waals surface area contributed by atoms with Gasteiger partial charge in [0.25, 0.3) is 5.56 Å². The third-order valence-electron chi connectivity index (χ3n) is 4.25. The lowest BCUT2D eigenvalue weighted by atomic mass is 10.0. The van der Waals surface area contributed by atoms with E-state index in [1.54, 1.807) is 32.2 Å². The van der Waals surface area contributed by atoms with Crippen LogP contribution in [0, 0.1) is 6.92 Å². The van der Waals surface area contributed by atoms with Gasteiger partial charge in [-0.05, 0) is 49.2 Å². The van der Waals surface area contributed by atoms with Crippen LogP contribution in [0.1, 0.15) is 28.4 Å². The Labute approximate surface area is 178 Å². The quantitative estimate of drug-likeness (QED) is 0.296. The fourth-order valence-corrected chi connectivity index (χ4v) is 3.95. The number of halogens is 4. The topological polar surface area (TPSA) is 61.2 Å². The minimum Gasteiger partial charge on any atom is -0.404 e. The lowest BCUT2D eigenvalue weighted by Crippen LogP contribution is -2.21. The second kappa shape index (κ2) is 8.31. The number of hydrogen-bond acceptors (Lipinski definition) is 5. The summed E-state index contributed by atoms with van der Waals surface area (Å²) in [4.78, 5) is 29.3. The van der Waals surface area contributed by atoms with Crippen LogP contribution in [0.3, 0.4) is 0 Å². The van der Waals surface area contributed by atoms with Crippen molar-refractivity contribution >= 4 is 40.0 Å². The average molecular weight is 457 g/mol. The second-order valence-electron chi connectivity index (χ2n) is 6.62. The van der Waals surface area contributed by atoms with Crippen LogP contribution in [0.5, 0.6) is 5.75 Å². The Morgan fingerprint density at radius 2 is 1.97 bits per heavy atom. The van der Waals surface area contributed by atoms with Crippen molar-refractivity contribution in [3.8, 4) is 5.75 Å². The number of carbonyl (C=O) groups excluding carboxylic acids is 1. The molecule has 0 aliphatic rings. The molecule has 2 aromatic carbocycles. The zero-order valence-electron chi connectivity index (χ0n) is 16.1. The van der Waals surface area contributed by atoms with Crippen molar-refractivity contribution in [2.75, 3.05) is 0 Å². The molecule has 0 spiro atoms. The van der Waals surface area contributed by atoms with Gasteiger partial charge in [-0.25, -0.2) is 4.98 Å². The van der Waals surface area contributed by atoms with E-state index >= 15 is 0 Å². The number of alkyl halides is 3. The number of hydrogen-bond donors (Lipinski definition) is 0. The third-order valence-corrected chi connectivity index (χ3v) is 5.67. The van der Waals surface area contributed by atoms with Gasteiger partial charge in [-0.3, -0.25) is 14.2 Å². The predicted octanol–water partition coefficient (Wildman–Crippen LogP) is 5.29. The minimum absolute atomic E-state index is 0.168. The largest absolute Gasteiger partial charge is 0.573 e. The molecule has 0 atom stereocenters. The van der Waals surface area contributed by atoms with Gasteiger partial charge in [0.05, 0.1) is 15.9 Å². The molecule has 0 fully saturated rings. The van der Waals surface area contributed by atoms with Crippen LogP contribution in [0.25, 0.3) is 10.9 Å². The number of ether oxygens (including phenoxy) is 1. The predicted molar refractivity (Wildman–Crippen MR) is 109 cm³/mol. The summed E-state index contributed by atoms with van der Waals surface area (Å²) >= 11 is 6.92. The van der Waals surface area contributed by atoms with Gasteiger partial charge < -0.3 is 4.74 Å². The van der Waals surface area contributed by atoms with Gasteiger partial charge in [-0.1, -0.05) is 29.4 Å². The van der Waals surface area contributed by atoms with Crippen LogP contribution in [0.15, 0.2) is 40.3 Å². The molecular formula is C20H16ClF3N2O3S. The third kappa shape index (κ3) is 4.79. The van der Waals surface area contributed by atoms with E-state index in [9.17, 15) is 22.8 Å². The smallest absolute Gasteiger partial charge is 0.404 e. The van der Waals surface area contributed by atoms with Gasteiger partial charge in [0.1, 0.15) is 5.75 Å². The van der Waals surface area contributed by atoms with Gasteiger partial charge in [0.2, 0.25) is 0 Å². The fourth-order valence-electron chi connectivity index (χ4n) is 2.89. The number of carbonyl (C=O) groups is 1. The maximum Gasteiger partial charge on any atom is 0.573 e. The van der Waals surface area contributed by atoms with E-state index in [1.165, 1.54) is 23.6 Å². The van der Waals surface area contributed by atoms with Crippen LogP contribution < -0.4 is 10.3 Å². The summed E-state index contributed by atoms with van der Waals surface area (Å²) in [6, 6.07) is 7.40. The lowest BCUT2D eigenvalue weighted by Gasteiger charge is -2.13. The first-order chi connectivity index (χ1) is 14.0. The van der Waals surface area contributed by atoms with Gasteiger partial charge in [0, 0.05) is 18.4 Å². The van der Waals surface area contributed by atoms with Crippen LogP contribution in [-0.4, -0.2) is 21.7 Å². The molecule has 0 aliphatic heterocycles. The number of ketones is 1. The first kappa shape index (κ1) is 22.2. The molecule has 5 nitrogen and oxygen atoms in total. The van der Waals surface area contributed by atoms with Gasteiger partial charge in [-0.15, -0.1) is 13.2 Å². The maximum atomic E-state index is 12.8. The summed E-state index contributed by atoms with van der Waals surface area (Å²) in [6.45, 7) is 3.19. The van der Waals surface area contributed by atoms with Crippen LogP contribution in [-0.2, 0) is 12.8 Å². The first-order valence-electron chi connectivity index (χ1n) is 8.65. The SMILES string of the molecule is CC(=O)c1cc(C)cc2c(=O)n(C)c(SCc3ccc(Cl)c(OC(F)(F)F)c3)nc12. The van der Waals surface area contributed by atoms with Crippen molar-refractivity contribution in [3.63, 3.8) is 0 Å². The molecule has 0 saturated heterocycles. The number of aryl methyl sites for hydroxylation is 1. The molecule has 10 heteroatoms.